The highest BCUT2D eigenvalue weighted by atomic mass is 19.1. The fourth-order valence-corrected chi connectivity index (χ4v) is 2.83. The minimum Gasteiger partial charge on any atom is -0.376 e. The Kier molecular flexibility index (Phi) is 4.03. The number of hydrogen-bond donors (Lipinski definition) is 0. The summed E-state index contributed by atoms with van der Waals surface area (Å²) in [5, 5.41) is 0. The molecule has 2 aliphatic heterocycles. The maximum Gasteiger partial charge on any atom is 0.224 e. The molecule has 2 heterocycles. The van der Waals surface area contributed by atoms with Gasteiger partial charge in [-0.15, -0.1) is 0 Å². The van der Waals surface area contributed by atoms with Gasteiger partial charge in [0.2, 0.25) is 5.79 Å². The fraction of sp³-hybridized carbons (Fsp3) is 0.600. The molecular formula is C15H19FO4. The van der Waals surface area contributed by atoms with Crippen LogP contribution in [0.4, 0.5) is 4.39 Å². The highest BCUT2D eigenvalue weighted by Crippen LogP contribution is 2.39. The number of rotatable bonds is 5. The fourth-order valence-electron chi connectivity index (χ4n) is 2.83. The second kappa shape index (κ2) is 5.77. The van der Waals surface area contributed by atoms with Gasteiger partial charge in [0.15, 0.2) is 0 Å². The second-order valence-corrected chi connectivity index (χ2v) is 5.21. The predicted molar refractivity (Wildman–Crippen MR) is 70.0 cm³/mol. The summed E-state index contributed by atoms with van der Waals surface area (Å²) in [5.41, 5.74) is 1.10. The van der Waals surface area contributed by atoms with Crippen LogP contribution < -0.4 is 0 Å². The molecule has 110 valence electrons. The summed E-state index contributed by atoms with van der Waals surface area (Å²) < 4.78 is 35.6. The molecule has 4 nitrogen and oxygen atoms in total. The van der Waals surface area contributed by atoms with Crippen LogP contribution in [-0.4, -0.2) is 44.5 Å². The van der Waals surface area contributed by atoms with Gasteiger partial charge >= 0.3 is 0 Å². The van der Waals surface area contributed by atoms with E-state index in [1.165, 1.54) is 0 Å². The maximum atomic E-state index is 13.2. The van der Waals surface area contributed by atoms with Crippen LogP contribution in [0.2, 0.25) is 0 Å². The second-order valence-electron chi connectivity index (χ2n) is 5.21. The quantitative estimate of drug-likeness (QED) is 0.828. The van der Waals surface area contributed by atoms with Gasteiger partial charge in [-0.3, -0.25) is 0 Å². The minimum atomic E-state index is -1.23. The molecule has 0 saturated carbocycles. The lowest BCUT2D eigenvalue weighted by atomic mass is 9.98. The van der Waals surface area contributed by atoms with E-state index in [4.69, 9.17) is 18.9 Å². The standard InChI is InChI=1S/C15H19FO4/c1-17-14-7-12(13-9-19-15(14,10-16)20-13)18-8-11-5-3-2-4-6-11/h2-6,12-14H,7-10H2,1H3/t12-,13+,14+,15?/m0/s1. The first-order valence-electron chi connectivity index (χ1n) is 6.83. The van der Waals surface area contributed by atoms with Crippen molar-refractivity contribution in [3.8, 4) is 0 Å². The number of alkyl halides is 1. The highest BCUT2D eigenvalue weighted by Gasteiger charge is 2.56. The summed E-state index contributed by atoms with van der Waals surface area (Å²) in [6.45, 7) is 0.154. The van der Waals surface area contributed by atoms with Crippen LogP contribution >= 0.6 is 0 Å². The number of fused-ring (bicyclic) bond motifs is 2. The van der Waals surface area contributed by atoms with Crippen molar-refractivity contribution < 1.29 is 23.3 Å². The Bertz CT molecular complexity index is 441. The Balaban J connectivity index is 1.64. The molecule has 2 bridgehead atoms. The van der Waals surface area contributed by atoms with E-state index in [9.17, 15) is 4.39 Å². The first-order chi connectivity index (χ1) is 9.77. The van der Waals surface area contributed by atoms with E-state index in [-0.39, 0.29) is 12.2 Å². The Labute approximate surface area is 117 Å². The summed E-state index contributed by atoms with van der Waals surface area (Å²) >= 11 is 0. The van der Waals surface area contributed by atoms with Gasteiger partial charge in [-0.05, 0) is 5.56 Å². The molecule has 0 aliphatic carbocycles. The number of hydrogen-bond acceptors (Lipinski definition) is 4. The van der Waals surface area contributed by atoms with Crippen molar-refractivity contribution in [3.05, 3.63) is 35.9 Å². The van der Waals surface area contributed by atoms with Crippen LogP contribution in [0.5, 0.6) is 0 Å². The molecule has 1 aromatic carbocycles. The molecule has 2 aliphatic rings. The summed E-state index contributed by atoms with van der Waals surface area (Å²) in [6, 6.07) is 9.93. The molecule has 1 unspecified atom stereocenters. The number of benzene rings is 1. The van der Waals surface area contributed by atoms with Gasteiger partial charge in [-0.2, -0.15) is 0 Å². The first kappa shape index (κ1) is 13.9. The Hall–Kier alpha value is -1.01. The van der Waals surface area contributed by atoms with Crippen molar-refractivity contribution in [1.82, 2.24) is 0 Å². The van der Waals surface area contributed by atoms with Gasteiger partial charge in [0.05, 0.1) is 19.3 Å². The summed E-state index contributed by atoms with van der Waals surface area (Å²) in [5.74, 6) is -1.23. The van der Waals surface area contributed by atoms with E-state index in [2.05, 4.69) is 0 Å². The van der Waals surface area contributed by atoms with Crippen molar-refractivity contribution >= 4 is 0 Å². The smallest absolute Gasteiger partial charge is 0.224 e. The average molecular weight is 282 g/mol. The van der Waals surface area contributed by atoms with Crippen LogP contribution in [0.25, 0.3) is 0 Å². The predicted octanol–water partition coefficient (Wildman–Crippen LogP) is 2.07. The molecule has 0 amide bonds. The van der Waals surface area contributed by atoms with E-state index >= 15 is 0 Å². The van der Waals surface area contributed by atoms with E-state index in [1.807, 2.05) is 30.3 Å². The molecule has 0 radical (unpaired) electrons. The zero-order chi connectivity index (χ0) is 14.0. The molecule has 20 heavy (non-hydrogen) atoms. The van der Waals surface area contributed by atoms with Gasteiger partial charge in [0.1, 0.15) is 18.9 Å². The van der Waals surface area contributed by atoms with Gasteiger partial charge < -0.3 is 18.9 Å². The molecule has 1 aromatic rings. The third kappa shape index (κ3) is 2.46. The van der Waals surface area contributed by atoms with Gasteiger partial charge in [-0.25, -0.2) is 4.39 Å². The van der Waals surface area contributed by atoms with E-state index in [0.717, 1.165) is 5.56 Å². The third-order valence-corrected chi connectivity index (χ3v) is 3.97. The Morgan fingerprint density at radius 1 is 1.35 bits per heavy atom. The maximum absolute atomic E-state index is 13.2. The van der Waals surface area contributed by atoms with E-state index < -0.39 is 18.6 Å². The van der Waals surface area contributed by atoms with E-state index in [0.29, 0.717) is 19.6 Å². The molecule has 3 rings (SSSR count). The van der Waals surface area contributed by atoms with Crippen LogP contribution in [0.1, 0.15) is 12.0 Å². The molecule has 2 saturated heterocycles. The minimum absolute atomic E-state index is 0.137. The third-order valence-electron chi connectivity index (χ3n) is 3.97. The number of ether oxygens (including phenoxy) is 4. The van der Waals surface area contributed by atoms with Crippen LogP contribution in [0.3, 0.4) is 0 Å². The molecule has 2 fully saturated rings. The van der Waals surface area contributed by atoms with Crippen LogP contribution in [0, 0.1) is 0 Å². The lowest BCUT2D eigenvalue weighted by Crippen LogP contribution is -2.54. The lowest BCUT2D eigenvalue weighted by Gasteiger charge is -2.39. The van der Waals surface area contributed by atoms with Gasteiger partial charge in [0, 0.05) is 13.5 Å². The number of halogens is 1. The molecule has 5 heteroatoms. The molecule has 0 spiro atoms. The largest absolute Gasteiger partial charge is 0.376 e. The van der Waals surface area contributed by atoms with Gasteiger partial charge in [0.25, 0.3) is 0 Å². The number of methoxy groups -OCH3 is 1. The molecule has 4 atom stereocenters. The van der Waals surface area contributed by atoms with Crippen LogP contribution in [-0.2, 0) is 25.6 Å². The summed E-state index contributed by atoms with van der Waals surface area (Å²) in [7, 11) is 1.54. The lowest BCUT2D eigenvalue weighted by molar-refractivity contribution is -0.279. The average Bonchev–Trinajstić information content (AvgIpc) is 2.89. The van der Waals surface area contributed by atoms with Crippen molar-refractivity contribution in [2.45, 2.75) is 37.1 Å². The SMILES string of the molecule is CO[C@@H]1C[C@H](OCc2ccccc2)[C@H]2COC1(CF)O2. The van der Waals surface area contributed by atoms with Crippen molar-refractivity contribution in [2.75, 3.05) is 20.4 Å². The first-order valence-corrected chi connectivity index (χ1v) is 6.83. The molecule has 0 N–H and O–H groups in total. The normalized spacial score (nSPS) is 36.2. The van der Waals surface area contributed by atoms with Gasteiger partial charge in [-0.1, -0.05) is 30.3 Å². The van der Waals surface area contributed by atoms with Crippen molar-refractivity contribution in [2.24, 2.45) is 0 Å². The topological polar surface area (TPSA) is 36.9 Å². The monoisotopic (exact) mass is 282 g/mol. The van der Waals surface area contributed by atoms with E-state index in [1.54, 1.807) is 7.11 Å². The highest BCUT2D eigenvalue weighted by molar-refractivity contribution is 5.13. The van der Waals surface area contributed by atoms with Crippen LogP contribution in [0.15, 0.2) is 30.3 Å². The van der Waals surface area contributed by atoms with Crippen molar-refractivity contribution in [1.29, 1.82) is 0 Å². The molecular weight excluding hydrogens is 263 g/mol. The Morgan fingerprint density at radius 3 is 2.85 bits per heavy atom. The summed E-state index contributed by atoms with van der Waals surface area (Å²) in [4.78, 5) is 0. The zero-order valence-corrected chi connectivity index (χ0v) is 11.5. The Morgan fingerprint density at radius 2 is 2.15 bits per heavy atom. The molecule has 0 aromatic heterocycles. The zero-order valence-electron chi connectivity index (χ0n) is 11.5. The van der Waals surface area contributed by atoms with Crippen molar-refractivity contribution in [3.63, 3.8) is 0 Å². The summed E-state index contributed by atoms with van der Waals surface area (Å²) in [6.07, 6.45) is -0.215.